The van der Waals surface area contributed by atoms with Crippen molar-refractivity contribution < 1.29 is 9.53 Å². The van der Waals surface area contributed by atoms with E-state index < -0.39 is 0 Å². The van der Waals surface area contributed by atoms with Gasteiger partial charge in [-0.1, -0.05) is 0 Å². The summed E-state index contributed by atoms with van der Waals surface area (Å²) in [7, 11) is 1.37. The average Bonchev–Trinajstić information content (AvgIpc) is 1.91. The van der Waals surface area contributed by atoms with Crippen LogP contribution in [0.25, 0.3) is 0 Å². The van der Waals surface area contributed by atoms with E-state index >= 15 is 0 Å². The van der Waals surface area contributed by atoms with Gasteiger partial charge >= 0.3 is 48.1 Å². The van der Waals surface area contributed by atoms with Crippen molar-refractivity contribution in [3.8, 4) is 0 Å². The van der Waals surface area contributed by atoms with E-state index in [0.29, 0.717) is 5.92 Å². The second-order valence-electron chi connectivity index (χ2n) is 1.49. The number of hydrogen-bond donors (Lipinski definition) is 0. The summed E-state index contributed by atoms with van der Waals surface area (Å²) in [4.78, 5) is 10.3. The molecule has 0 spiro atoms. The zero-order chi connectivity index (χ0) is 7.86. The normalized spacial score (nSPS) is 7.10. The van der Waals surface area contributed by atoms with Crippen LogP contribution in [0.1, 0.15) is 13.8 Å². The summed E-state index contributed by atoms with van der Waals surface area (Å²) < 4.78 is 4.34. The SMILES string of the molecule is COC(=O)[C](C)C.[LiH].[Li][CH3]. The first-order chi connectivity index (χ1) is 4.18. The van der Waals surface area contributed by atoms with Crippen molar-refractivity contribution >= 4 is 42.5 Å². The molecule has 0 aromatic carbocycles. The van der Waals surface area contributed by atoms with E-state index in [-0.39, 0.29) is 24.8 Å². The summed E-state index contributed by atoms with van der Waals surface area (Å²) in [6.45, 7) is 3.43. The number of methoxy groups -OCH3 is 1. The van der Waals surface area contributed by atoms with Crippen LogP contribution in [-0.2, 0) is 9.53 Å². The van der Waals surface area contributed by atoms with Gasteiger partial charge in [0.15, 0.2) is 0 Å². The zero-order valence-electron chi connectivity index (χ0n) is 6.82. The molecule has 0 bridgehead atoms. The molecule has 1 radical (unpaired) electrons. The molecule has 0 atom stereocenters. The van der Waals surface area contributed by atoms with Crippen LogP contribution in [0.2, 0.25) is 5.60 Å². The summed E-state index contributed by atoms with van der Waals surface area (Å²) in [5, 5.41) is 0. The Balaban J connectivity index is -0.000000149. The van der Waals surface area contributed by atoms with Crippen molar-refractivity contribution in [2.45, 2.75) is 19.4 Å². The molecule has 0 aliphatic rings. The van der Waals surface area contributed by atoms with Crippen LogP contribution in [0, 0.1) is 5.92 Å². The van der Waals surface area contributed by atoms with E-state index in [0.717, 1.165) is 0 Å². The maximum atomic E-state index is 10.3. The Morgan fingerprint density at radius 3 is 1.60 bits per heavy atom. The minimum atomic E-state index is -0.236. The van der Waals surface area contributed by atoms with Crippen LogP contribution in [0.5, 0.6) is 0 Å². The Bertz CT molecular complexity index is 74.1. The number of rotatable bonds is 1. The first kappa shape index (κ1) is 17.0. The molecule has 0 saturated carbocycles. The molecule has 0 unspecified atom stereocenters. The van der Waals surface area contributed by atoms with Crippen molar-refractivity contribution in [1.82, 2.24) is 0 Å². The van der Waals surface area contributed by atoms with Gasteiger partial charge in [-0.2, -0.15) is 0 Å². The average molecular weight is 131 g/mol. The van der Waals surface area contributed by atoms with E-state index in [4.69, 9.17) is 0 Å². The Morgan fingerprint density at radius 2 is 1.60 bits per heavy atom. The predicted molar refractivity (Wildman–Crippen MR) is 45.4 cm³/mol. The van der Waals surface area contributed by atoms with E-state index in [1.807, 2.05) is 23.3 Å². The third-order valence-electron chi connectivity index (χ3n) is 0.594. The third-order valence-corrected chi connectivity index (χ3v) is 0.594. The predicted octanol–water partition coefficient (Wildman–Crippen LogP) is 0.328. The van der Waals surface area contributed by atoms with Gasteiger partial charge in [0.1, 0.15) is 0 Å². The van der Waals surface area contributed by atoms with Gasteiger partial charge in [-0.05, 0) is 13.8 Å². The van der Waals surface area contributed by atoms with Gasteiger partial charge in [0.2, 0.25) is 0 Å². The van der Waals surface area contributed by atoms with Crippen molar-refractivity contribution in [2.75, 3.05) is 7.11 Å². The van der Waals surface area contributed by atoms with Crippen LogP contribution in [0.15, 0.2) is 0 Å². The standard InChI is InChI=1S/C5H9O2.CH3.2Li.H/c1-4(2)5(6)7-3;;;;/h1-3H3;1H3;;;. The summed E-state index contributed by atoms with van der Waals surface area (Å²) in [5.74, 6) is 0.447. The number of hydrogen-bond acceptors (Lipinski definition) is 2. The molecule has 0 aliphatic heterocycles. The van der Waals surface area contributed by atoms with Crippen molar-refractivity contribution in [3.63, 3.8) is 0 Å². The molecule has 0 amide bonds. The van der Waals surface area contributed by atoms with Crippen LogP contribution < -0.4 is 0 Å². The van der Waals surface area contributed by atoms with E-state index in [9.17, 15) is 4.79 Å². The molecular formula is C6H13Li2O2. The summed E-state index contributed by atoms with van der Waals surface area (Å²) in [6.07, 6.45) is 0. The van der Waals surface area contributed by atoms with E-state index in [1.165, 1.54) is 7.11 Å². The van der Waals surface area contributed by atoms with Gasteiger partial charge in [0.25, 0.3) is 0 Å². The molecule has 0 rings (SSSR count). The first-order valence-corrected chi connectivity index (χ1v) is 3.07. The van der Waals surface area contributed by atoms with Crippen LogP contribution in [0.3, 0.4) is 0 Å². The van der Waals surface area contributed by atoms with Crippen molar-refractivity contribution in [2.24, 2.45) is 0 Å². The van der Waals surface area contributed by atoms with Gasteiger partial charge in [-0.25, -0.2) is 0 Å². The molecule has 0 aromatic rings. The van der Waals surface area contributed by atoms with Crippen LogP contribution >= 0.6 is 0 Å². The van der Waals surface area contributed by atoms with Crippen LogP contribution in [0.4, 0.5) is 0 Å². The molecule has 2 nitrogen and oxygen atoms in total. The fraction of sp³-hybridized carbons (Fsp3) is 0.667. The second-order valence-corrected chi connectivity index (χ2v) is 1.49. The molecular weight excluding hydrogens is 118 g/mol. The molecule has 0 heterocycles. The second kappa shape index (κ2) is 12.4. The Morgan fingerprint density at radius 1 is 1.30 bits per heavy atom. The topological polar surface area (TPSA) is 26.3 Å². The quantitative estimate of drug-likeness (QED) is 0.378. The first-order valence-electron chi connectivity index (χ1n) is 3.07. The summed E-state index contributed by atoms with van der Waals surface area (Å²) >= 11 is 2.00. The number of esters is 1. The number of carbonyl (C=O) groups is 1. The minimum absolute atomic E-state index is 0. The third kappa shape index (κ3) is 11.5. The summed E-state index contributed by atoms with van der Waals surface area (Å²) in [6, 6.07) is 0. The van der Waals surface area contributed by atoms with Gasteiger partial charge in [-0.15, -0.1) is 0 Å². The fourth-order valence-corrected chi connectivity index (χ4v) is 0.204. The molecule has 0 fully saturated rings. The van der Waals surface area contributed by atoms with Crippen molar-refractivity contribution in [1.29, 1.82) is 0 Å². The molecule has 0 saturated heterocycles. The maximum absolute atomic E-state index is 10.3. The van der Waals surface area contributed by atoms with E-state index in [2.05, 4.69) is 4.74 Å². The summed E-state index contributed by atoms with van der Waals surface area (Å²) in [5.41, 5.74) is 2.00. The monoisotopic (exact) mass is 131 g/mol. The zero-order valence-corrected chi connectivity index (χ0v) is 6.82. The van der Waals surface area contributed by atoms with Crippen molar-refractivity contribution in [3.05, 3.63) is 5.92 Å². The van der Waals surface area contributed by atoms with Gasteiger partial charge < -0.3 is 4.74 Å². The van der Waals surface area contributed by atoms with E-state index in [1.54, 1.807) is 13.8 Å². The molecule has 0 aromatic heterocycles. The van der Waals surface area contributed by atoms with Crippen LogP contribution in [-0.4, -0.2) is 49.7 Å². The molecule has 4 heteroatoms. The molecule has 0 aliphatic carbocycles. The van der Waals surface area contributed by atoms with Gasteiger partial charge in [0.05, 0.1) is 13.0 Å². The Kier molecular flexibility index (Phi) is 20.9. The number of ether oxygens (including phenoxy) is 1. The molecule has 51 valence electrons. The fourth-order valence-electron chi connectivity index (χ4n) is 0.204. The Hall–Kier alpha value is 0.665. The number of carbonyl (C=O) groups excluding carboxylic acids is 1. The Labute approximate surface area is 84.5 Å². The molecule has 0 N–H and O–H groups in total. The van der Waals surface area contributed by atoms with Gasteiger partial charge in [0, 0.05) is 0 Å². The molecule has 10 heavy (non-hydrogen) atoms. The van der Waals surface area contributed by atoms with Gasteiger partial charge in [-0.3, -0.25) is 4.79 Å².